The molecule has 1 aromatic heterocycles. The number of benzene rings is 1. The molecule has 2 aromatic rings. The number of hydrogen-bond donors (Lipinski definition) is 1. The topological polar surface area (TPSA) is 64.0 Å². The van der Waals surface area contributed by atoms with Gasteiger partial charge in [0, 0.05) is 23.9 Å². The number of sulfonamides is 1. The van der Waals surface area contributed by atoms with Crippen molar-refractivity contribution in [2.45, 2.75) is 37.0 Å². The van der Waals surface area contributed by atoms with Gasteiger partial charge in [-0.05, 0) is 37.0 Å². The average molecular weight is 398 g/mol. The Hall–Kier alpha value is -1.18. The Balaban J connectivity index is 2.00. The van der Waals surface area contributed by atoms with Crippen molar-refractivity contribution in [1.82, 2.24) is 14.3 Å². The van der Waals surface area contributed by atoms with Crippen LogP contribution in [0, 0.1) is 0 Å². The maximum absolute atomic E-state index is 12.8. The lowest BCUT2D eigenvalue weighted by molar-refractivity contribution is 0.541. The van der Waals surface area contributed by atoms with Crippen LogP contribution in [-0.4, -0.2) is 22.7 Å². The smallest absolute Gasteiger partial charge is 0.218 e. The van der Waals surface area contributed by atoms with Crippen LogP contribution in [0.25, 0.3) is 0 Å². The van der Waals surface area contributed by atoms with E-state index in [0.29, 0.717) is 12.2 Å². The molecule has 1 heterocycles. The molecule has 1 atom stereocenters. The summed E-state index contributed by atoms with van der Waals surface area (Å²) >= 11 is 3.41. The highest BCUT2D eigenvalue weighted by atomic mass is 79.9. The lowest BCUT2D eigenvalue weighted by Gasteiger charge is -2.23. The fourth-order valence-electron chi connectivity index (χ4n) is 2.81. The van der Waals surface area contributed by atoms with E-state index in [4.69, 9.17) is 0 Å². The van der Waals surface area contributed by atoms with E-state index in [1.165, 1.54) is 0 Å². The molecule has 1 fully saturated rings. The first-order valence-corrected chi connectivity index (χ1v) is 9.91. The van der Waals surface area contributed by atoms with Crippen molar-refractivity contribution in [3.8, 4) is 0 Å². The molecule has 0 saturated heterocycles. The fraction of sp³-hybridized carbons (Fsp3) is 0.438. The summed E-state index contributed by atoms with van der Waals surface area (Å²) in [5.41, 5.74) is 0.873. The van der Waals surface area contributed by atoms with Gasteiger partial charge >= 0.3 is 0 Å². The number of hydrogen-bond acceptors (Lipinski definition) is 3. The van der Waals surface area contributed by atoms with Crippen LogP contribution >= 0.6 is 15.9 Å². The quantitative estimate of drug-likeness (QED) is 0.813. The maximum atomic E-state index is 12.8. The number of imidazole rings is 1. The van der Waals surface area contributed by atoms with Gasteiger partial charge in [0.05, 0.1) is 4.75 Å². The predicted molar refractivity (Wildman–Crippen MR) is 93.5 cm³/mol. The zero-order valence-electron chi connectivity index (χ0n) is 13.2. The van der Waals surface area contributed by atoms with Gasteiger partial charge in [0.25, 0.3) is 0 Å². The molecule has 23 heavy (non-hydrogen) atoms. The minimum Gasteiger partial charge on any atom is -0.336 e. The highest BCUT2D eigenvalue weighted by Gasteiger charge is 2.53. The molecule has 1 aliphatic carbocycles. The van der Waals surface area contributed by atoms with Crippen molar-refractivity contribution in [3.63, 3.8) is 0 Å². The molecule has 1 aliphatic rings. The number of nitrogens with zero attached hydrogens (tertiary/aromatic N) is 2. The normalized spacial score (nSPS) is 17.9. The number of aromatic nitrogens is 2. The van der Waals surface area contributed by atoms with Gasteiger partial charge in [0.15, 0.2) is 0 Å². The minimum atomic E-state index is -3.41. The van der Waals surface area contributed by atoms with Crippen LogP contribution in [0.15, 0.2) is 41.1 Å². The second-order valence-corrected chi connectivity index (χ2v) is 9.06. The van der Waals surface area contributed by atoms with Gasteiger partial charge in [-0.25, -0.2) is 13.4 Å². The third kappa shape index (κ3) is 3.09. The van der Waals surface area contributed by atoms with Crippen molar-refractivity contribution in [1.29, 1.82) is 0 Å². The summed E-state index contributed by atoms with van der Waals surface area (Å²) in [5.74, 6) is 0.683. The Morgan fingerprint density at radius 3 is 2.48 bits per heavy atom. The summed E-state index contributed by atoms with van der Waals surface area (Å²) in [4.78, 5) is 4.35. The van der Waals surface area contributed by atoms with E-state index >= 15 is 0 Å². The molecule has 0 aliphatic heterocycles. The molecule has 0 spiro atoms. The molecule has 1 saturated carbocycles. The monoisotopic (exact) mass is 397 g/mol. The Morgan fingerprint density at radius 2 is 2.00 bits per heavy atom. The molecule has 0 amide bonds. The van der Waals surface area contributed by atoms with Crippen molar-refractivity contribution < 1.29 is 8.42 Å². The molecular weight excluding hydrogens is 378 g/mol. The number of rotatable bonds is 6. The predicted octanol–water partition coefficient (Wildman–Crippen LogP) is 3.13. The summed E-state index contributed by atoms with van der Waals surface area (Å²) in [6.07, 6.45) is 5.60. The first kappa shape index (κ1) is 16.7. The SMILES string of the molecule is CCC1(S(=O)(=O)NC(c2ccc(Br)cc2)c2nccn2C)CC1. The van der Waals surface area contributed by atoms with Crippen molar-refractivity contribution >= 4 is 26.0 Å². The van der Waals surface area contributed by atoms with Crippen LogP contribution in [0.4, 0.5) is 0 Å². The lowest BCUT2D eigenvalue weighted by atomic mass is 10.1. The summed E-state index contributed by atoms with van der Waals surface area (Å²) < 4.78 is 30.8. The Bertz CT molecular complexity index is 795. The maximum Gasteiger partial charge on any atom is 0.218 e. The molecule has 0 radical (unpaired) electrons. The summed E-state index contributed by atoms with van der Waals surface area (Å²) in [7, 11) is -1.54. The Labute approximate surface area is 145 Å². The van der Waals surface area contributed by atoms with Crippen LogP contribution in [-0.2, 0) is 17.1 Å². The molecular formula is C16H20BrN3O2S. The van der Waals surface area contributed by atoms with Crippen LogP contribution in [0.3, 0.4) is 0 Å². The fourth-order valence-corrected chi connectivity index (χ4v) is 4.90. The average Bonchev–Trinajstić information content (AvgIpc) is 3.23. The lowest BCUT2D eigenvalue weighted by Crippen LogP contribution is -2.39. The van der Waals surface area contributed by atoms with E-state index in [1.54, 1.807) is 6.20 Å². The second kappa shape index (κ2) is 6.03. The summed E-state index contributed by atoms with van der Waals surface area (Å²) in [6, 6.07) is 7.16. The number of nitrogens with one attached hydrogen (secondary N) is 1. The van der Waals surface area contributed by atoms with E-state index in [-0.39, 0.29) is 0 Å². The molecule has 1 unspecified atom stereocenters. The summed E-state index contributed by atoms with van der Waals surface area (Å²) in [5, 5.41) is 0. The van der Waals surface area contributed by atoms with Crippen molar-refractivity contribution in [2.24, 2.45) is 7.05 Å². The molecule has 1 N–H and O–H groups in total. The zero-order valence-corrected chi connectivity index (χ0v) is 15.6. The van der Waals surface area contributed by atoms with E-state index in [2.05, 4.69) is 25.6 Å². The van der Waals surface area contributed by atoms with Crippen molar-refractivity contribution in [3.05, 3.63) is 52.5 Å². The highest BCUT2D eigenvalue weighted by molar-refractivity contribution is 9.10. The van der Waals surface area contributed by atoms with Gasteiger partial charge in [-0.2, -0.15) is 4.72 Å². The third-order valence-electron chi connectivity index (χ3n) is 4.62. The first-order chi connectivity index (χ1) is 10.9. The second-order valence-electron chi connectivity index (χ2n) is 6.04. The third-order valence-corrected chi connectivity index (χ3v) is 7.53. The first-order valence-electron chi connectivity index (χ1n) is 7.63. The molecule has 124 valence electrons. The van der Waals surface area contributed by atoms with Gasteiger partial charge in [-0.15, -0.1) is 0 Å². The van der Waals surface area contributed by atoms with Gasteiger partial charge < -0.3 is 4.57 Å². The Morgan fingerprint density at radius 1 is 1.35 bits per heavy atom. The number of aryl methyl sites for hydroxylation is 1. The minimum absolute atomic E-state index is 0.489. The molecule has 1 aromatic carbocycles. The van der Waals surface area contributed by atoms with Crippen LogP contribution < -0.4 is 4.72 Å². The van der Waals surface area contributed by atoms with Gasteiger partial charge in [-0.3, -0.25) is 0 Å². The molecule has 5 nitrogen and oxygen atoms in total. The molecule has 0 bridgehead atoms. The van der Waals surface area contributed by atoms with Gasteiger partial charge in [0.1, 0.15) is 11.9 Å². The largest absolute Gasteiger partial charge is 0.336 e. The standard InChI is InChI=1S/C16H20BrN3O2S/c1-3-16(8-9-16)23(21,22)19-14(15-18-10-11-20(15)2)12-4-6-13(17)7-5-12/h4-7,10-11,14,19H,3,8-9H2,1-2H3. The highest BCUT2D eigenvalue weighted by Crippen LogP contribution is 2.46. The van der Waals surface area contributed by atoms with Crippen molar-refractivity contribution in [2.75, 3.05) is 0 Å². The van der Waals surface area contributed by atoms with Crippen LogP contribution in [0.2, 0.25) is 0 Å². The number of halogens is 1. The summed E-state index contributed by atoms with van der Waals surface area (Å²) in [6.45, 7) is 1.93. The van der Waals surface area contributed by atoms with Crippen LogP contribution in [0.1, 0.15) is 43.6 Å². The van der Waals surface area contributed by atoms with Gasteiger partial charge in [-0.1, -0.05) is 35.0 Å². The van der Waals surface area contributed by atoms with Crippen LogP contribution in [0.5, 0.6) is 0 Å². The van der Waals surface area contributed by atoms with E-state index < -0.39 is 20.8 Å². The molecule has 3 rings (SSSR count). The van der Waals surface area contributed by atoms with E-state index in [0.717, 1.165) is 22.9 Å². The Kier molecular flexibility index (Phi) is 4.37. The van der Waals surface area contributed by atoms with E-state index in [1.807, 2.05) is 49.0 Å². The zero-order chi connectivity index (χ0) is 16.7. The van der Waals surface area contributed by atoms with Gasteiger partial charge in [0.2, 0.25) is 10.0 Å². The molecule has 7 heteroatoms. The van der Waals surface area contributed by atoms with E-state index in [9.17, 15) is 8.42 Å².